The van der Waals surface area contributed by atoms with Crippen LogP contribution in [0.2, 0.25) is 0 Å². The van der Waals surface area contributed by atoms with Crippen LogP contribution in [0.15, 0.2) is 11.6 Å². The second-order valence-corrected chi connectivity index (χ2v) is 14.5. The summed E-state index contributed by atoms with van der Waals surface area (Å²) in [5.41, 5.74) is 2.87. The lowest BCUT2D eigenvalue weighted by Crippen LogP contribution is -2.50. The Morgan fingerprint density at radius 3 is 2.59 bits per heavy atom. The van der Waals surface area contributed by atoms with E-state index >= 15 is 0 Å². The highest BCUT2D eigenvalue weighted by Gasteiger charge is 2.58. The molecule has 0 spiro atoms. The minimum atomic E-state index is 0.188. The molecular weight excluding hydrogens is 388 g/mol. The first-order chi connectivity index (χ1) is 13.5. The lowest BCUT2D eigenvalue weighted by Gasteiger charge is -2.58. The van der Waals surface area contributed by atoms with Crippen LogP contribution in [-0.4, -0.2) is 10.00 Å². The van der Waals surface area contributed by atoms with Crippen LogP contribution in [0.5, 0.6) is 0 Å². The number of hydrogen-bond acceptors (Lipinski definition) is 2. The fourth-order valence-corrected chi connectivity index (χ4v) is 9.16. The van der Waals surface area contributed by atoms with Gasteiger partial charge < -0.3 is 0 Å². The molecule has 0 radical (unpaired) electrons. The fraction of sp³-hybridized carbons (Fsp3) is 0.926. The second-order valence-electron chi connectivity index (χ2n) is 12.6. The van der Waals surface area contributed by atoms with Gasteiger partial charge in [0.25, 0.3) is 0 Å². The van der Waals surface area contributed by atoms with Crippen molar-refractivity contribution in [2.45, 2.75) is 115 Å². The predicted molar refractivity (Wildman–Crippen MR) is 134 cm³/mol. The highest BCUT2D eigenvalue weighted by atomic mass is 32.1. The first kappa shape index (κ1) is 22.6. The Hall–Kier alpha value is 0.440. The molecule has 0 aliphatic heterocycles. The van der Waals surface area contributed by atoms with Gasteiger partial charge in [0.1, 0.15) is 0 Å². The van der Waals surface area contributed by atoms with E-state index in [4.69, 9.17) is 25.3 Å². The summed E-state index contributed by atoms with van der Waals surface area (Å²) < 4.78 is 0.188. The third-order valence-corrected chi connectivity index (χ3v) is 11.0. The van der Waals surface area contributed by atoms with Crippen molar-refractivity contribution in [2.75, 3.05) is 0 Å². The van der Waals surface area contributed by atoms with Crippen LogP contribution in [0.1, 0.15) is 105 Å². The van der Waals surface area contributed by atoms with Crippen molar-refractivity contribution in [3.8, 4) is 0 Å². The first-order valence-corrected chi connectivity index (χ1v) is 13.6. The molecule has 0 saturated heterocycles. The zero-order valence-corrected chi connectivity index (χ0v) is 21.5. The molecule has 8 atom stereocenters. The van der Waals surface area contributed by atoms with Gasteiger partial charge in [-0.15, -0.1) is 0 Å². The largest absolute Gasteiger partial charge is 0.176 e. The number of allylic oxidation sites excluding steroid dienone is 2. The molecular formula is C27H46S2. The third kappa shape index (κ3) is 4.12. The zero-order chi connectivity index (χ0) is 21.0. The normalized spacial score (nSPS) is 45.8. The molecule has 3 fully saturated rings. The van der Waals surface area contributed by atoms with Gasteiger partial charge in [0.05, 0.1) is 0 Å². The average molecular weight is 435 g/mol. The average Bonchev–Trinajstić information content (AvgIpc) is 2.98. The number of hydrogen-bond donors (Lipinski definition) is 2. The van der Waals surface area contributed by atoms with E-state index in [1.54, 1.807) is 5.57 Å². The molecule has 3 saturated carbocycles. The molecule has 29 heavy (non-hydrogen) atoms. The van der Waals surface area contributed by atoms with Crippen molar-refractivity contribution in [1.82, 2.24) is 0 Å². The lowest BCUT2D eigenvalue weighted by atomic mass is 9.47. The van der Waals surface area contributed by atoms with E-state index < -0.39 is 0 Å². The smallest absolute Gasteiger partial charge is 0.00731 e. The van der Waals surface area contributed by atoms with Crippen molar-refractivity contribution >= 4 is 25.3 Å². The minimum Gasteiger partial charge on any atom is -0.176 e. The Kier molecular flexibility index (Phi) is 6.31. The molecule has 4 rings (SSSR count). The van der Waals surface area contributed by atoms with Gasteiger partial charge in [0.2, 0.25) is 0 Å². The molecule has 4 aliphatic rings. The van der Waals surface area contributed by atoms with Crippen molar-refractivity contribution in [1.29, 1.82) is 0 Å². The molecule has 166 valence electrons. The molecule has 0 N–H and O–H groups in total. The molecule has 8 unspecified atom stereocenters. The van der Waals surface area contributed by atoms with Crippen LogP contribution in [0.25, 0.3) is 0 Å². The van der Waals surface area contributed by atoms with Crippen LogP contribution in [0.3, 0.4) is 0 Å². The van der Waals surface area contributed by atoms with Gasteiger partial charge in [-0.1, -0.05) is 59.1 Å². The summed E-state index contributed by atoms with van der Waals surface area (Å²) in [7, 11) is 0. The Balaban J connectivity index is 1.47. The van der Waals surface area contributed by atoms with Crippen molar-refractivity contribution in [2.24, 2.45) is 40.4 Å². The molecule has 0 nitrogen and oxygen atoms in total. The summed E-state index contributed by atoms with van der Waals surface area (Å²) in [6.45, 7) is 12.4. The fourth-order valence-electron chi connectivity index (χ4n) is 8.67. The summed E-state index contributed by atoms with van der Waals surface area (Å²) in [6, 6.07) is 0. The van der Waals surface area contributed by atoms with Gasteiger partial charge in [0.15, 0.2) is 0 Å². The SMILES string of the molecule is CC(CCCC(C)(C)S)C1CCC2C3CC=C4CC(S)CCC4(C)C3CCC12C. The molecule has 0 aromatic carbocycles. The lowest BCUT2D eigenvalue weighted by molar-refractivity contribution is -0.0497. The predicted octanol–water partition coefficient (Wildman–Crippen LogP) is 8.38. The van der Waals surface area contributed by atoms with Crippen LogP contribution in [0.4, 0.5) is 0 Å². The maximum absolute atomic E-state index is 4.84. The van der Waals surface area contributed by atoms with Crippen molar-refractivity contribution in [3.63, 3.8) is 0 Å². The third-order valence-electron chi connectivity index (χ3n) is 10.3. The topological polar surface area (TPSA) is 0 Å². The van der Waals surface area contributed by atoms with Gasteiger partial charge in [-0.25, -0.2) is 0 Å². The summed E-state index contributed by atoms with van der Waals surface area (Å²) in [6.07, 6.45) is 18.0. The highest BCUT2D eigenvalue weighted by molar-refractivity contribution is 7.81. The molecule has 0 heterocycles. The second kappa shape index (κ2) is 8.09. The summed E-state index contributed by atoms with van der Waals surface area (Å²) in [5.74, 6) is 4.69. The summed E-state index contributed by atoms with van der Waals surface area (Å²) >= 11 is 9.59. The maximum atomic E-state index is 4.84. The van der Waals surface area contributed by atoms with Crippen molar-refractivity contribution in [3.05, 3.63) is 11.6 Å². The number of fused-ring (bicyclic) bond motifs is 5. The molecule has 0 aromatic heterocycles. The van der Waals surface area contributed by atoms with Crippen LogP contribution >= 0.6 is 25.3 Å². The Morgan fingerprint density at radius 1 is 1.10 bits per heavy atom. The van der Waals surface area contributed by atoms with Gasteiger partial charge in [-0.05, 0) is 98.2 Å². The molecule has 0 amide bonds. The summed E-state index contributed by atoms with van der Waals surface area (Å²) in [4.78, 5) is 0. The maximum Gasteiger partial charge on any atom is 0.00731 e. The highest BCUT2D eigenvalue weighted by Crippen LogP contribution is 2.67. The van der Waals surface area contributed by atoms with E-state index in [0.717, 1.165) is 29.6 Å². The van der Waals surface area contributed by atoms with E-state index in [9.17, 15) is 0 Å². The Bertz CT molecular complexity index is 631. The van der Waals surface area contributed by atoms with E-state index in [1.165, 1.54) is 70.6 Å². The van der Waals surface area contributed by atoms with E-state index in [2.05, 4.69) is 40.7 Å². The first-order valence-electron chi connectivity index (χ1n) is 12.6. The van der Waals surface area contributed by atoms with E-state index in [0.29, 0.717) is 16.1 Å². The Morgan fingerprint density at radius 2 is 1.86 bits per heavy atom. The minimum absolute atomic E-state index is 0.188. The van der Waals surface area contributed by atoms with Crippen LogP contribution in [0, 0.1) is 40.4 Å². The molecule has 2 heteroatoms. The Labute approximate surface area is 192 Å². The standard InChI is InChI=1S/C27H46S2/c1-18(7-6-14-25(2,3)29)22-10-11-23-21-9-8-19-17-20(28)12-15-26(19,4)24(21)13-16-27(22,23)5/h8,18,20-24,28-29H,6-7,9-17H2,1-5H3. The van der Waals surface area contributed by atoms with Crippen molar-refractivity contribution < 1.29 is 0 Å². The molecule has 0 aromatic rings. The van der Waals surface area contributed by atoms with Gasteiger partial charge in [-0.3, -0.25) is 0 Å². The zero-order valence-electron chi connectivity index (χ0n) is 19.7. The number of thiol groups is 2. The number of rotatable bonds is 5. The van der Waals surface area contributed by atoms with Crippen LogP contribution in [-0.2, 0) is 0 Å². The summed E-state index contributed by atoms with van der Waals surface area (Å²) in [5, 5.41) is 0.610. The van der Waals surface area contributed by atoms with E-state index in [1.807, 2.05) is 0 Å². The van der Waals surface area contributed by atoms with Gasteiger partial charge >= 0.3 is 0 Å². The molecule has 0 bridgehead atoms. The van der Waals surface area contributed by atoms with E-state index in [-0.39, 0.29) is 4.75 Å². The van der Waals surface area contributed by atoms with Gasteiger partial charge in [0, 0.05) is 10.00 Å². The monoisotopic (exact) mass is 434 g/mol. The van der Waals surface area contributed by atoms with Gasteiger partial charge in [-0.2, -0.15) is 25.3 Å². The molecule has 4 aliphatic carbocycles. The quantitative estimate of drug-likeness (QED) is 0.315. The van der Waals surface area contributed by atoms with Crippen LogP contribution < -0.4 is 0 Å².